The van der Waals surface area contributed by atoms with Crippen LogP contribution in [0.5, 0.6) is 0 Å². The van der Waals surface area contributed by atoms with Crippen molar-refractivity contribution in [3.05, 3.63) is 65.7 Å². The van der Waals surface area contributed by atoms with E-state index in [0.717, 1.165) is 11.1 Å². The fraction of sp³-hybridized carbons (Fsp3) is 0.333. The summed E-state index contributed by atoms with van der Waals surface area (Å²) in [4.78, 5) is 0.140. The zero-order valence-electron chi connectivity index (χ0n) is 13.3. The lowest BCUT2D eigenvalue weighted by molar-refractivity contribution is 0.0338. The van der Waals surface area contributed by atoms with Crippen molar-refractivity contribution in [3.8, 4) is 0 Å². The minimum absolute atomic E-state index is 0.140. The Balaban J connectivity index is 1.90. The van der Waals surface area contributed by atoms with Crippen molar-refractivity contribution in [2.75, 3.05) is 0 Å². The fourth-order valence-corrected chi connectivity index (χ4v) is 4.49. The zero-order chi connectivity index (χ0) is 17.3. The van der Waals surface area contributed by atoms with Crippen molar-refractivity contribution in [3.63, 3.8) is 0 Å². The molecule has 0 saturated heterocycles. The molecule has 0 aliphatic heterocycles. The van der Waals surface area contributed by atoms with E-state index in [4.69, 9.17) is 0 Å². The lowest BCUT2D eigenvalue weighted by Gasteiger charge is -2.23. The fourth-order valence-electron chi connectivity index (χ4n) is 3.18. The van der Waals surface area contributed by atoms with Crippen LogP contribution in [0.1, 0.15) is 23.5 Å². The Morgan fingerprint density at radius 1 is 1.00 bits per heavy atom. The molecule has 4 atom stereocenters. The van der Waals surface area contributed by atoms with Crippen molar-refractivity contribution >= 4 is 10.0 Å². The second-order valence-electron chi connectivity index (χ2n) is 6.27. The van der Waals surface area contributed by atoms with Gasteiger partial charge in [-0.3, -0.25) is 0 Å². The maximum absolute atomic E-state index is 12.6. The molecule has 1 saturated carbocycles. The predicted molar refractivity (Wildman–Crippen MR) is 91.1 cm³/mol. The minimum atomic E-state index is -3.77. The minimum Gasteiger partial charge on any atom is -0.390 e. The van der Waals surface area contributed by atoms with Crippen LogP contribution in [-0.2, 0) is 10.0 Å². The largest absolute Gasteiger partial charge is 0.390 e. The molecular weight excluding hydrogens is 326 g/mol. The van der Waals surface area contributed by atoms with Crippen molar-refractivity contribution in [2.24, 2.45) is 0 Å². The Hall–Kier alpha value is -1.73. The summed E-state index contributed by atoms with van der Waals surface area (Å²) in [5.74, 6) is -0.283. The summed E-state index contributed by atoms with van der Waals surface area (Å²) in [5, 5.41) is 20.3. The molecule has 5 nitrogen and oxygen atoms in total. The molecule has 1 aliphatic rings. The van der Waals surface area contributed by atoms with Crippen LogP contribution in [0.15, 0.2) is 59.5 Å². The highest BCUT2D eigenvalue weighted by Gasteiger charge is 2.44. The van der Waals surface area contributed by atoms with E-state index in [1.54, 1.807) is 18.2 Å². The lowest BCUT2D eigenvalue weighted by atomic mass is 9.93. The summed E-state index contributed by atoms with van der Waals surface area (Å²) in [7, 11) is -3.77. The van der Waals surface area contributed by atoms with E-state index in [1.807, 2.05) is 31.2 Å². The number of nitrogens with one attached hydrogen (secondary N) is 1. The van der Waals surface area contributed by atoms with Gasteiger partial charge in [0.25, 0.3) is 0 Å². The van der Waals surface area contributed by atoms with Gasteiger partial charge in [0, 0.05) is 5.92 Å². The summed E-state index contributed by atoms with van der Waals surface area (Å²) in [6.45, 7) is 1.97. The number of sulfonamides is 1. The molecule has 2 aromatic rings. The molecule has 0 spiro atoms. The summed E-state index contributed by atoms with van der Waals surface area (Å²) in [6, 6.07) is 15.0. The Morgan fingerprint density at radius 2 is 1.62 bits per heavy atom. The van der Waals surface area contributed by atoms with Crippen LogP contribution in [0, 0.1) is 6.92 Å². The van der Waals surface area contributed by atoms with Gasteiger partial charge in [-0.1, -0.05) is 48.0 Å². The highest BCUT2D eigenvalue weighted by molar-refractivity contribution is 7.89. The summed E-state index contributed by atoms with van der Waals surface area (Å²) in [6.07, 6.45) is -1.79. The number of aliphatic hydroxyl groups is 2. The molecule has 128 valence electrons. The second kappa shape index (κ2) is 6.64. The van der Waals surface area contributed by atoms with Gasteiger partial charge in [0.15, 0.2) is 0 Å². The van der Waals surface area contributed by atoms with Crippen LogP contribution >= 0.6 is 0 Å². The number of aliphatic hydroxyl groups excluding tert-OH is 2. The van der Waals surface area contributed by atoms with E-state index < -0.39 is 28.3 Å². The van der Waals surface area contributed by atoms with Gasteiger partial charge in [-0.2, -0.15) is 0 Å². The first-order valence-electron chi connectivity index (χ1n) is 7.88. The molecule has 0 amide bonds. The van der Waals surface area contributed by atoms with E-state index in [1.165, 1.54) is 12.1 Å². The molecule has 0 aromatic heterocycles. The Kier molecular flexibility index (Phi) is 4.73. The first-order valence-corrected chi connectivity index (χ1v) is 9.37. The lowest BCUT2D eigenvalue weighted by Crippen LogP contribution is -2.45. The smallest absolute Gasteiger partial charge is 0.240 e. The van der Waals surface area contributed by atoms with E-state index in [9.17, 15) is 18.6 Å². The molecule has 0 bridgehead atoms. The molecular formula is C18H21NO4S. The summed E-state index contributed by atoms with van der Waals surface area (Å²) < 4.78 is 27.7. The van der Waals surface area contributed by atoms with Crippen LogP contribution < -0.4 is 4.72 Å². The first kappa shape index (κ1) is 17.1. The molecule has 0 heterocycles. The monoisotopic (exact) mass is 347 g/mol. The van der Waals surface area contributed by atoms with Gasteiger partial charge in [-0.15, -0.1) is 0 Å². The molecule has 1 fully saturated rings. The average molecular weight is 347 g/mol. The van der Waals surface area contributed by atoms with Crippen molar-refractivity contribution in [2.45, 2.75) is 42.4 Å². The van der Waals surface area contributed by atoms with Crippen LogP contribution in [0.2, 0.25) is 0 Å². The van der Waals surface area contributed by atoms with Crippen LogP contribution in [0.3, 0.4) is 0 Å². The van der Waals surface area contributed by atoms with Crippen molar-refractivity contribution in [1.82, 2.24) is 4.72 Å². The van der Waals surface area contributed by atoms with E-state index in [0.29, 0.717) is 6.42 Å². The summed E-state index contributed by atoms with van der Waals surface area (Å²) in [5.41, 5.74) is 2.00. The van der Waals surface area contributed by atoms with E-state index in [2.05, 4.69) is 4.72 Å². The average Bonchev–Trinajstić information content (AvgIpc) is 2.84. The summed E-state index contributed by atoms with van der Waals surface area (Å²) >= 11 is 0. The normalized spacial score (nSPS) is 27.3. The van der Waals surface area contributed by atoms with Crippen molar-refractivity contribution < 1.29 is 18.6 Å². The van der Waals surface area contributed by atoms with Gasteiger partial charge < -0.3 is 10.2 Å². The number of rotatable bonds is 4. The molecule has 6 heteroatoms. The Bertz CT molecular complexity index is 790. The Labute approximate surface area is 142 Å². The highest BCUT2D eigenvalue weighted by Crippen LogP contribution is 2.36. The van der Waals surface area contributed by atoms with Crippen LogP contribution in [-0.4, -0.2) is 36.9 Å². The van der Waals surface area contributed by atoms with Gasteiger partial charge in [0.2, 0.25) is 10.0 Å². The van der Waals surface area contributed by atoms with Crippen LogP contribution in [0.25, 0.3) is 0 Å². The third-order valence-corrected chi connectivity index (χ3v) is 6.02. The number of aryl methyl sites for hydroxylation is 1. The van der Waals surface area contributed by atoms with Gasteiger partial charge in [0.05, 0.1) is 23.1 Å². The maximum Gasteiger partial charge on any atom is 0.240 e. The molecule has 3 rings (SSSR count). The third-order valence-electron chi connectivity index (χ3n) is 4.54. The maximum atomic E-state index is 12.6. The number of benzene rings is 2. The highest BCUT2D eigenvalue weighted by atomic mass is 32.2. The van der Waals surface area contributed by atoms with E-state index in [-0.39, 0.29) is 10.8 Å². The molecule has 0 unspecified atom stereocenters. The third kappa shape index (κ3) is 3.37. The Morgan fingerprint density at radius 3 is 2.25 bits per heavy atom. The van der Waals surface area contributed by atoms with Gasteiger partial charge in [-0.05, 0) is 31.0 Å². The molecule has 3 N–H and O–H groups in total. The quantitative estimate of drug-likeness (QED) is 0.783. The van der Waals surface area contributed by atoms with Gasteiger partial charge >= 0.3 is 0 Å². The molecule has 2 aromatic carbocycles. The van der Waals surface area contributed by atoms with Crippen LogP contribution in [0.4, 0.5) is 0 Å². The SMILES string of the molecule is Cc1ccc([C@H]2C[C@@H](O)[C@@H](O)[C@@H]2NS(=O)(=O)c2ccccc2)cc1. The predicted octanol–water partition coefficient (Wildman–Crippen LogP) is 1.55. The topological polar surface area (TPSA) is 86.6 Å². The zero-order valence-corrected chi connectivity index (χ0v) is 14.1. The molecule has 1 aliphatic carbocycles. The number of hydrogen-bond donors (Lipinski definition) is 3. The second-order valence-corrected chi connectivity index (χ2v) is 7.98. The van der Waals surface area contributed by atoms with Gasteiger partial charge in [0.1, 0.15) is 0 Å². The molecule has 24 heavy (non-hydrogen) atoms. The standard InChI is InChI=1S/C18H21NO4S/c1-12-7-9-13(10-8-12)15-11-16(20)18(21)17(15)19-24(22,23)14-5-3-2-4-6-14/h2-10,15-21H,11H2,1H3/t15-,16-,17-,18-/m1/s1. The van der Waals surface area contributed by atoms with Crippen molar-refractivity contribution in [1.29, 1.82) is 0 Å². The van der Waals surface area contributed by atoms with Gasteiger partial charge in [-0.25, -0.2) is 13.1 Å². The molecule has 0 radical (unpaired) electrons. The van der Waals surface area contributed by atoms with E-state index >= 15 is 0 Å². The first-order chi connectivity index (χ1) is 11.4. The number of hydrogen-bond acceptors (Lipinski definition) is 4.